The normalized spacial score (nSPS) is 10.6. The number of nitrogens with two attached hydrogens (primary N) is 1. The summed E-state index contributed by atoms with van der Waals surface area (Å²) in [5, 5.41) is 22.6. The Morgan fingerprint density at radius 3 is 2.69 bits per heavy atom. The Labute approximate surface area is 91.3 Å². The van der Waals surface area contributed by atoms with Crippen LogP contribution >= 0.6 is 0 Å². The summed E-state index contributed by atoms with van der Waals surface area (Å²) in [6, 6.07) is 3.02. The highest BCUT2D eigenvalue weighted by atomic mass is 16.5. The van der Waals surface area contributed by atoms with Gasteiger partial charge in [0.2, 0.25) is 11.7 Å². The van der Waals surface area contributed by atoms with Crippen LogP contribution in [0.5, 0.6) is 11.5 Å². The van der Waals surface area contributed by atoms with Crippen LogP contribution in [-0.2, 0) is 6.54 Å². The SMILES string of the molecule is Cc1cc(-c2noc(CN)n2)cc(O)c1O. The first-order valence-corrected chi connectivity index (χ1v) is 4.67. The summed E-state index contributed by atoms with van der Waals surface area (Å²) in [7, 11) is 0. The molecule has 0 radical (unpaired) electrons. The molecule has 0 bridgehead atoms. The van der Waals surface area contributed by atoms with E-state index >= 15 is 0 Å². The van der Waals surface area contributed by atoms with E-state index < -0.39 is 0 Å². The smallest absolute Gasteiger partial charge is 0.240 e. The van der Waals surface area contributed by atoms with E-state index in [1.54, 1.807) is 13.0 Å². The molecule has 4 N–H and O–H groups in total. The fourth-order valence-corrected chi connectivity index (χ4v) is 1.35. The molecule has 2 aromatic rings. The van der Waals surface area contributed by atoms with Crippen molar-refractivity contribution in [2.75, 3.05) is 0 Å². The number of aromatic nitrogens is 2. The van der Waals surface area contributed by atoms with Crippen LogP contribution in [0.2, 0.25) is 0 Å². The second kappa shape index (κ2) is 3.82. The maximum Gasteiger partial charge on any atom is 0.240 e. The van der Waals surface area contributed by atoms with Crippen LogP contribution < -0.4 is 5.73 Å². The van der Waals surface area contributed by atoms with Crippen molar-refractivity contribution >= 4 is 0 Å². The molecule has 0 spiro atoms. The topological polar surface area (TPSA) is 105 Å². The highest BCUT2D eigenvalue weighted by molar-refractivity contribution is 5.62. The molecule has 2 rings (SSSR count). The van der Waals surface area contributed by atoms with Gasteiger partial charge in [0.1, 0.15) is 0 Å². The van der Waals surface area contributed by atoms with Crippen molar-refractivity contribution in [1.29, 1.82) is 0 Å². The van der Waals surface area contributed by atoms with Crippen LogP contribution in [-0.4, -0.2) is 20.4 Å². The molecule has 1 heterocycles. The highest BCUT2D eigenvalue weighted by Gasteiger charge is 2.11. The number of rotatable bonds is 2. The Kier molecular flexibility index (Phi) is 2.49. The zero-order valence-corrected chi connectivity index (χ0v) is 8.64. The van der Waals surface area contributed by atoms with E-state index in [9.17, 15) is 10.2 Å². The first kappa shape index (κ1) is 10.4. The van der Waals surface area contributed by atoms with Gasteiger partial charge >= 0.3 is 0 Å². The van der Waals surface area contributed by atoms with Crippen molar-refractivity contribution < 1.29 is 14.7 Å². The highest BCUT2D eigenvalue weighted by Crippen LogP contribution is 2.32. The monoisotopic (exact) mass is 221 g/mol. The largest absolute Gasteiger partial charge is 0.504 e. The number of phenols is 2. The molecule has 84 valence electrons. The summed E-state index contributed by atoms with van der Waals surface area (Å²) < 4.78 is 4.85. The van der Waals surface area contributed by atoms with Gasteiger partial charge < -0.3 is 20.5 Å². The summed E-state index contributed by atoms with van der Waals surface area (Å²) in [6.45, 7) is 1.83. The van der Waals surface area contributed by atoms with Crippen molar-refractivity contribution in [2.45, 2.75) is 13.5 Å². The van der Waals surface area contributed by atoms with Crippen LogP contribution in [0.1, 0.15) is 11.5 Å². The Morgan fingerprint density at radius 1 is 1.38 bits per heavy atom. The van der Waals surface area contributed by atoms with Crippen LogP contribution in [0.15, 0.2) is 16.7 Å². The van der Waals surface area contributed by atoms with Crippen LogP contribution in [0, 0.1) is 6.92 Å². The van der Waals surface area contributed by atoms with Crippen molar-refractivity contribution in [1.82, 2.24) is 10.1 Å². The third-order valence-electron chi connectivity index (χ3n) is 2.18. The van der Waals surface area contributed by atoms with E-state index in [0.717, 1.165) is 0 Å². The number of benzene rings is 1. The van der Waals surface area contributed by atoms with E-state index in [-0.39, 0.29) is 18.0 Å². The van der Waals surface area contributed by atoms with Gasteiger partial charge in [0.05, 0.1) is 6.54 Å². The van der Waals surface area contributed by atoms with Crippen LogP contribution in [0.4, 0.5) is 0 Å². The molecule has 0 aliphatic carbocycles. The van der Waals surface area contributed by atoms with Gasteiger partial charge in [-0.25, -0.2) is 0 Å². The predicted octanol–water partition coefficient (Wildman–Crippen LogP) is 0.915. The summed E-state index contributed by atoms with van der Waals surface area (Å²) in [4.78, 5) is 4.02. The first-order chi connectivity index (χ1) is 7.61. The zero-order chi connectivity index (χ0) is 11.7. The maximum atomic E-state index is 9.45. The zero-order valence-electron chi connectivity index (χ0n) is 8.64. The molecule has 1 aromatic heterocycles. The molecule has 0 fully saturated rings. The second-order valence-electron chi connectivity index (χ2n) is 3.38. The summed E-state index contributed by atoms with van der Waals surface area (Å²) >= 11 is 0. The minimum atomic E-state index is -0.214. The van der Waals surface area contributed by atoms with Gasteiger partial charge in [-0.15, -0.1) is 0 Å². The van der Waals surface area contributed by atoms with E-state index in [0.29, 0.717) is 22.8 Å². The molecule has 6 nitrogen and oxygen atoms in total. The molecule has 0 saturated carbocycles. The lowest BCUT2D eigenvalue weighted by Crippen LogP contribution is -1.95. The van der Waals surface area contributed by atoms with Crippen LogP contribution in [0.3, 0.4) is 0 Å². The molecule has 0 amide bonds. The Bertz CT molecular complexity index is 499. The Hall–Kier alpha value is -2.08. The standard InChI is InChI=1S/C10H11N3O3/c1-5-2-6(3-7(14)9(5)15)10-12-8(4-11)16-13-10/h2-3,14-15H,4,11H2,1H3. The molecule has 1 aromatic carbocycles. The molecule has 16 heavy (non-hydrogen) atoms. The lowest BCUT2D eigenvalue weighted by molar-refractivity contribution is 0.380. The number of phenolic OH excluding ortho intramolecular Hbond substituents is 2. The van der Waals surface area contributed by atoms with Gasteiger partial charge in [-0.2, -0.15) is 4.98 Å². The van der Waals surface area contributed by atoms with Gasteiger partial charge in [-0.1, -0.05) is 5.16 Å². The molecule has 6 heteroatoms. The Balaban J connectivity index is 2.48. The van der Waals surface area contributed by atoms with Gasteiger partial charge in [0, 0.05) is 5.56 Å². The quantitative estimate of drug-likeness (QED) is 0.651. The molecular weight excluding hydrogens is 210 g/mol. The molecular formula is C10H11N3O3. The summed E-state index contributed by atoms with van der Waals surface area (Å²) in [5.74, 6) is 0.291. The van der Waals surface area contributed by atoms with Gasteiger partial charge in [-0.05, 0) is 24.6 Å². The van der Waals surface area contributed by atoms with E-state index in [1.807, 2.05) is 0 Å². The van der Waals surface area contributed by atoms with E-state index in [2.05, 4.69) is 10.1 Å². The number of aryl methyl sites for hydroxylation is 1. The van der Waals surface area contributed by atoms with Gasteiger partial charge in [0.15, 0.2) is 11.5 Å². The number of nitrogens with zero attached hydrogens (tertiary/aromatic N) is 2. The number of aromatic hydroxyl groups is 2. The van der Waals surface area contributed by atoms with Crippen molar-refractivity contribution in [2.24, 2.45) is 5.73 Å². The minimum Gasteiger partial charge on any atom is -0.504 e. The minimum absolute atomic E-state index is 0.147. The second-order valence-corrected chi connectivity index (χ2v) is 3.38. The van der Waals surface area contributed by atoms with E-state index in [4.69, 9.17) is 10.3 Å². The van der Waals surface area contributed by atoms with Gasteiger partial charge in [0.25, 0.3) is 0 Å². The lowest BCUT2D eigenvalue weighted by atomic mass is 10.1. The van der Waals surface area contributed by atoms with Gasteiger partial charge in [-0.3, -0.25) is 0 Å². The van der Waals surface area contributed by atoms with Crippen molar-refractivity contribution in [3.8, 4) is 22.9 Å². The predicted molar refractivity (Wildman–Crippen MR) is 55.7 cm³/mol. The lowest BCUT2D eigenvalue weighted by Gasteiger charge is -2.03. The average Bonchev–Trinajstić information content (AvgIpc) is 2.73. The maximum absolute atomic E-state index is 9.45. The van der Waals surface area contributed by atoms with Crippen molar-refractivity contribution in [3.05, 3.63) is 23.6 Å². The molecule has 0 aliphatic heterocycles. The average molecular weight is 221 g/mol. The fourth-order valence-electron chi connectivity index (χ4n) is 1.35. The number of hydrogen-bond acceptors (Lipinski definition) is 6. The molecule has 0 saturated heterocycles. The van der Waals surface area contributed by atoms with Crippen molar-refractivity contribution in [3.63, 3.8) is 0 Å². The van der Waals surface area contributed by atoms with E-state index in [1.165, 1.54) is 6.07 Å². The molecule has 0 aliphatic rings. The molecule has 0 atom stereocenters. The summed E-state index contributed by atoms with van der Waals surface area (Å²) in [6.07, 6.45) is 0. The molecule has 0 unspecified atom stereocenters. The summed E-state index contributed by atoms with van der Waals surface area (Å²) in [5.41, 5.74) is 6.44. The van der Waals surface area contributed by atoms with Crippen LogP contribution in [0.25, 0.3) is 11.4 Å². The first-order valence-electron chi connectivity index (χ1n) is 4.67. The number of hydrogen-bond donors (Lipinski definition) is 3. The Morgan fingerprint density at radius 2 is 2.12 bits per heavy atom. The third kappa shape index (κ3) is 1.70. The fraction of sp³-hybridized carbons (Fsp3) is 0.200. The third-order valence-corrected chi connectivity index (χ3v) is 2.18.